The number of aromatic nitrogens is 1. The molecule has 4 nitrogen and oxygen atoms in total. The smallest absolute Gasteiger partial charge is 0.190 e. The Labute approximate surface area is 181 Å². The van der Waals surface area contributed by atoms with Gasteiger partial charge in [0.15, 0.2) is 4.80 Å². The Kier molecular flexibility index (Phi) is 6.82. The monoisotopic (exact) mass is 427 g/mol. The molecule has 0 aliphatic carbocycles. The summed E-state index contributed by atoms with van der Waals surface area (Å²) in [7, 11) is 0. The van der Waals surface area contributed by atoms with Crippen molar-refractivity contribution in [1.82, 2.24) is 9.47 Å². The summed E-state index contributed by atoms with van der Waals surface area (Å²) >= 11 is 7.72. The van der Waals surface area contributed by atoms with Crippen molar-refractivity contribution in [3.63, 3.8) is 0 Å². The minimum atomic E-state index is 0.730. The molecule has 1 aliphatic rings. The van der Waals surface area contributed by atoms with Gasteiger partial charge in [0.25, 0.3) is 0 Å². The van der Waals surface area contributed by atoms with Gasteiger partial charge >= 0.3 is 0 Å². The summed E-state index contributed by atoms with van der Waals surface area (Å²) < 4.78 is 7.81. The van der Waals surface area contributed by atoms with Gasteiger partial charge in [-0.3, -0.25) is 4.90 Å². The van der Waals surface area contributed by atoms with Crippen LogP contribution in [0.15, 0.2) is 58.9 Å². The zero-order chi connectivity index (χ0) is 20.1. The predicted octanol–water partition coefficient (Wildman–Crippen LogP) is 5.13. The third kappa shape index (κ3) is 5.37. The van der Waals surface area contributed by atoms with E-state index in [2.05, 4.69) is 46.0 Å². The Hall–Kier alpha value is -1.92. The van der Waals surface area contributed by atoms with E-state index in [0.717, 1.165) is 61.3 Å². The van der Waals surface area contributed by atoms with Crippen LogP contribution in [0.4, 0.5) is 5.69 Å². The number of ether oxygens (including phenoxy) is 1. The number of morpholine rings is 1. The molecule has 1 saturated heterocycles. The van der Waals surface area contributed by atoms with Crippen LogP contribution in [0.3, 0.4) is 0 Å². The van der Waals surface area contributed by atoms with Crippen molar-refractivity contribution >= 4 is 28.6 Å². The van der Waals surface area contributed by atoms with E-state index < -0.39 is 0 Å². The standard InChI is InChI=1S/C23H26ClN3OS/c1-18-3-5-19(6-4-18)22-17-29-23(25-21-9-7-20(24)8-10-21)27(22)12-2-11-26-13-15-28-16-14-26/h3-10,17H,2,11-16H2,1H3. The minimum absolute atomic E-state index is 0.730. The summed E-state index contributed by atoms with van der Waals surface area (Å²) in [6, 6.07) is 16.4. The first-order chi connectivity index (χ1) is 14.2. The summed E-state index contributed by atoms with van der Waals surface area (Å²) in [5.74, 6) is 0. The van der Waals surface area contributed by atoms with Crippen molar-refractivity contribution in [1.29, 1.82) is 0 Å². The molecule has 1 fully saturated rings. The Morgan fingerprint density at radius 2 is 1.72 bits per heavy atom. The fourth-order valence-electron chi connectivity index (χ4n) is 3.49. The maximum absolute atomic E-state index is 6.03. The maximum atomic E-state index is 6.03. The average Bonchev–Trinajstić information content (AvgIpc) is 3.13. The van der Waals surface area contributed by atoms with Gasteiger partial charge in [0.1, 0.15) is 0 Å². The van der Waals surface area contributed by atoms with Gasteiger partial charge < -0.3 is 9.30 Å². The highest BCUT2D eigenvalue weighted by atomic mass is 35.5. The highest BCUT2D eigenvalue weighted by Gasteiger charge is 2.12. The Balaban J connectivity index is 1.61. The molecule has 0 saturated carbocycles. The summed E-state index contributed by atoms with van der Waals surface area (Å²) in [6.07, 6.45) is 1.09. The molecule has 0 unspecified atom stereocenters. The third-order valence-electron chi connectivity index (χ3n) is 5.16. The minimum Gasteiger partial charge on any atom is -0.379 e. The number of halogens is 1. The van der Waals surface area contributed by atoms with Crippen LogP contribution >= 0.6 is 22.9 Å². The Morgan fingerprint density at radius 3 is 2.45 bits per heavy atom. The molecule has 0 amide bonds. The fraction of sp³-hybridized carbons (Fsp3) is 0.348. The molecule has 0 N–H and O–H groups in total. The number of aryl methyl sites for hydroxylation is 1. The number of benzene rings is 2. The third-order valence-corrected chi connectivity index (χ3v) is 6.27. The van der Waals surface area contributed by atoms with Crippen LogP contribution in [0.2, 0.25) is 5.02 Å². The van der Waals surface area contributed by atoms with E-state index in [0.29, 0.717) is 0 Å². The van der Waals surface area contributed by atoms with Gasteiger partial charge in [-0.2, -0.15) is 0 Å². The summed E-state index contributed by atoms with van der Waals surface area (Å²) in [4.78, 5) is 8.40. The first kappa shape index (κ1) is 20.4. The highest BCUT2D eigenvalue weighted by Crippen LogP contribution is 2.22. The lowest BCUT2D eigenvalue weighted by atomic mass is 10.1. The highest BCUT2D eigenvalue weighted by molar-refractivity contribution is 7.07. The van der Waals surface area contributed by atoms with Crippen LogP contribution in [0.5, 0.6) is 0 Å². The second kappa shape index (κ2) is 9.72. The topological polar surface area (TPSA) is 29.8 Å². The van der Waals surface area contributed by atoms with Crippen LogP contribution in [-0.2, 0) is 11.3 Å². The molecule has 6 heteroatoms. The molecular formula is C23H26ClN3OS. The molecule has 4 rings (SSSR count). The maximum Gasteiger partial charge on any atom is 0.190 e. The molecule has 0 atom stereocenters. The first-order valence-electron chi connectivity index (χ1n) is 10.0. The molecule has 2 heterocycles. The van der Waals surface area contributed by atoms with E-state index in [-0.39, 0.29) is 0 Å². The molecule has 152 valence electrons. The van der Waals surface area contributed by atoms with Crippen molar-refractivity contribution in [2.75, 3.05) is 32.8 Å². The van der Waals surface area contributed by atoms with Gasteiger partial charge in [-0.25, -0.2) is 4.99 Å². The molecule has 29 heavy (non-hydrogen) atoms. The van der Waals surface area contributed by atoms with Crippen LogP contribution in [-0.4, -0.2) is 42.3 Å². The summed E-state index contributed by atoms with van der Waals surface area (Å²) in [6.45, 7) is 7.89. The normalized spacial score (nSPS) is 15.7. The fourth-order valence-corrected chi connectivity index (χ4v) is 4.57. The molecule has 0 bridgehead atoms. The lowest BCUT2D eigenvalue weighted by molar-refractivity contribution is 0.0369. The quantitative estimate of drug-likeness (QED) is 0.545. The molecule has 1 aliphatic heterocycles. The van der Waals surface area contributed by atoms with Crippen molar-refractivity contribution in [2.45, 2.75) is 19.9 Å². The SMILES string of the molecule is Cc1ccc(-c2csc(=Nc3ccc(Cl)cc3)n2CCCN2CCOCC2)cc1. The number of hydrogen-bond acceptors (Lipinski definition) is 4. The Bertz CT molecular complexity index is 986. The van der Waals surface area contributed by atoms with Crippen LogP contribution in [0.1, 0.15) is 12.0 Å². The number of rotatable bonds is 6. The van der Waals surface area contributed by atoms with Crippen LogP contribution in [0, 0.1) is 6.92 Å². The van der Waals surface area contributed by atoms with Crippen LogP contribution in [0.25, 0.3) is 11.3 Å². The van der Waals surface area contributed by atoms with E-state index in [1.165, 1.54) is 16.8 Å². The zero-order valence-electron chi connectivity index (χ0n) is 16.7. The Morgan fingerprint density at radius 1 is 1.00 bits per heavy atom. The predicted molar refractivity (Wildman–Crippen MR) is 121 cm³/mol. The number of thiazole rings is 1. The van der Waals surface area contributed by atoms with Gasteiger partial charge in [0, 0.05) is 36.6 Å². The van der Waals surface area contributed by atoms with Gasteiger partial charge in [-0.1, -0.05) is 41.4 Å². The van der Waals surface area contributed by atoms with Crippen molar-refractivity contribution in [2.24, 2.45) is 4.99 Å². The molecular weight excluding hydrogens is 402 g/mol. The number of hydrogen-bond donors (Lipinski definition) is 0. The zero-order valence-corrected chi connectivity index (χ0v) is 18.3. The molecule has 0 radical (unpaired) electrons. The van der Waals surface area contributed by atoms with Crippen molar-refractivity contribution < 1.29 is 4.74 Å². The largest absolute Gasteiger partial charge is 0.379 e. The molecule has 1 aromatic heterocycles. The van der Waals surface area contributed by atoms with Gasteiger partial charge in [0.2, 0.25) is 0 Å². The second-order valence-corrected chi connectivity index (χ2v) is 8.59. The lowest BCUT2D eigenvalue weighted by Gasteiger charge is -2.26. The molecule has 2 aromatic carbocycles. The molecule has 0 spiro atoms. The van der Waals surface area contributed by atoms with E-state index in [1.54, 1.807) is 11.3 Å². The van der Waals surface area contributed by atoms with Crippen LogP contribution < -0.4 is 4.80 Å². The van der Waals surface area contributed by atoms with Gasteiger partial charge in [0.05, 0.1) is 24.6 Å². The van der Waals surface area contributed by atoms with Crippen molar-refractivity contribution in [3.8, 4) is 11.3 Å². The summed E-state index contributed by atoms with van der Waals surface area (Å²) in [5, 5.41) is 2.95. The van der Waals surface area contributed by atoms with Gasteiger partial charge in [-0.05, 0) is 43.2 Å². The summed E-state index contributed by atoms with van der Waals surface area (Å²) in [5.41, 5.74) is 4.66. The van der Waals surface area contributed by atoms with Crippen molar-refractivity contribution in [3.05, 3.63) is 69.3 Å². The van der Waals surface area contributed by atoms with Gasteiger partial charge in [-0.15, -0.1) is 11.3 Å². The van der Waals surface area contributed by atoms with E-state index in [9.17, 15) is 0 Å². The van der Waals surface area contributed by atoms with E-state index in [4.69, 9.17) is 21.3 Å². The first-order valence-corrected chi connectivity index (χ1v) is 11.3. The molecule has 3 aromatic rings. The lowest BCUT2D eigenvalue weighted by Crippen LogP contribution is -2.37. The average molecular weight is 428 g/mol. The van der Waals surface area contributed by atoms with E-state index >= 15 is 0 Å². The second-order valence-electron chi connectivity index (χ2n) is 7.32. The number of nitrogens with zero attached hydrogens (tertiary/aromatic N) is 3. The van der Waals surface area contributed by atoms with E-state index in [1.807, 2.05) is 24.3 Å².